The zero-order valence-corrected chi connectivity index (χ0v) is 9.35. The molecule has 2 aromatic rings. The number of aryl methyl sites for hydroxylation is 1. The van der Waals surface area contributed by atoms with Gasteiger partial charge in [0.2, 0.25) is 0 Å². The molecule has 3 nitrogen and oxygen atoms in total. The lowest BCUT2D eigenvalue weighted by atomic mass is 10.0. The van der Waals surface area contributed by atoms with E-state index in [1.165, 1.54) is 5.56 Å². The number of aromatic nitrogens is 2. The molecule has 0 saturated carbocycles. The van der Waals surface area contributed by atoms with Gasteiger partial charge in [-0.1, -0.05) is 24.3 Å². The Morgan fingerprint density at radius 2 is 2.06 bits per heavy atom. The van der Waals surface area contributed by atoms with Crippen LogP contribution in [0.2, 0.25) is 0 Å². The predicted molar refractivity (Wildman–Crippen MR) is 65.0 cm³/mol. The summed E-state index contributed by atoms with van der Waals surface area (Å²) < 4.78 is 0. The van der Waals surface area contributed by atoms with Gasteiger partial charge in [0.1, 0.15) is 6.33 Å². The maximum atomic E-state index is 5.59. The van der Waals surface area contributed by atoms with Crippen molar-refractivity contribution < 1.29 is 0 Å². The summed E-state index contributed by atoms with van der Waals surface area (Å²) in [6.07, 6.45) is 4.24. The fraction of sp³-hybridized carbons (Fsp3) is 0.231. The molecule has 0 radical (unpaired) electrons. The zero-order chi connectivity index (χ0) is 11.4. The average Bonchev–Trinajstić information content (AvgIpc) is 2.31. The molecule has 0 saturated heterocycles. The first-order chi connectivity index (χ1) is 7.83. The quantitative estimate of drug-likeness (QED) is 0.847. The predicted octanol–water partition coefficient (Wildman–Crippen LogP) is 1.95. The van der Waals surface area contributed by atoms with E-state index < -0.39 is 0 Å². The van der Waals surface area contributed by atoms with Crippen LogP contribution >= 0.6 is 0 Å². The van der Waals surface area contributed by atoms with Crippen molar-refractivity contribution in [2.75, 3.05) is 6.54 Å². The number of nitrogens with two attached hydrogens (primary N) is 1. The molecule has 0 spiro atoms. The van der Waals surface area contributed by atoms with Gasteiger partial charge in [-0.25, -0.2) is 9.97 Å². The molecule has 1 aromatic heterocycles. The third kappa shape index (κ3) is 2.09. The van der Waals surface area contributed by atoms with Crippen molar-refractivity contribution in [2.45, 2.75) is 13.3 Å². The van der Waals surface area contributed by atoms with Crippen molar-refractivity contribution in [3.63, 3.8) is 0 Å². The lowest BCUT2D eigenvalue weighted by Crippen LogP contribution is -2.05. The summed E-state index contributed by atoms with van der Waals surface area (Å²) in [7, 11) is 0. The summed E-state index contributed by atoms with van der Waals surface area (Å²) >= 11 is 0. The van der Waals surface area contributed by atoms with Crippen LogP contribution in [-0.4, -0.2) is 16.5 Å². The van der Waals surface area contributed by atoms with E-state index in [-0.39, 0.29) is 0 Å². The Labute approximate surface area is 95.4 Å². The number of hydrogen-bond acceptors (Lipinski definition) is 3. The van der Waals surface area contributed by atoms with Gasteiger partial charge in [-0.05, 0) is 31.0 Å². The number of hydrogen-bond donors (Lipinski definition) is 1. The molecule has 2 rings (SSSR count). The Bertz CT molecular complexity index is 480. The summed E-state index contributed by atoms with van der Waals surface area (Å²) in [6, 6.07) is 8.22. The Hall–Kier alpha value is -1.74. The maximum Gasteiger partial charge on any atom is 0.116 e. The van der Waals surface area contributed by atoms with E-state index in [2.05, 4.69) is 29.0 Å². The van der Waals surface area contributed by atoms with Gasteiger partial charge in [0.05, 0.1) is 5.69 Å². The lowest BCUT2D eigenvalue weighted by molar-refractivity contribution is 0.944. The third-order valence-electron chi connectivity index (χ3n) is 2.60. The fourth-order valence-corrected chi connectivity index (χ4v) is 1.78. The highest BCUT2D eigenvalue weighted by molar-refractivity contribution is 5.66. The average molecular weight is 213 g/mol. The van der Waals surface area contributed by atoms with Crippen LogP contribution in [0.4, 0.5) is 0 Å². The van der Waals surface area contributed by atoms with Crippen LogP contribution in [0.3, 0.4) is 0 Å². The van der Waals surface area contributed by atoms with E-state index in [0.29, 0.717) is 6.54 Å². The molecule has 3 heteroatoms. The molecule has 0 fully saturated rings. The summed E-state index contributed by atoms with van der Waals surface area (Å²) in [5.74, 6) is 0. The van der Waals surface area contributed by atoms with Gasteiger partial charge in [0, 0.05) is 11.8 Å². The van der Waals surface area contributed by atoms with Crippen LogP contribution < -0.4 is 5.73 Å². The van der Waals surface area contributed by atoms with Crippen LogP contribution in [0.15, 0.2) is 36.8 Å². The second-order valence-electron chi connectivity index (χ2n) is 3.75. The second-order valence-corrected chi connectivity index (χ2v) is 3.75. The summed E-state index contributed by atoms with van der Waals surface area (Å²) in [6.45, 7) is 2.70. The van der Waals surface area contributed by atoms with Gasteiger partial charge in [-0.15, -0.1) is 0 Å². The Morgan fingerprint density at radius 3 is 2.81 bits per heavy atom. The van der Waals surface area contributed by atoms with Crippen molar-refractivity contribution in [3.05, 3.63) is 47.9 Å². The molecule has 16 heavy (non-hydrogen) atoms. The minimum absolute atomic E-state index is 0.617. The molecule has 0 bridgehead atoms. The molecule has 1 aromatic carbocycles. The maximum absolute atomic E-state index is 5.59. The highest BCUT2D eigenvalue weighted by Gasteiger charge is 2.07. The molecular weight excluding hydrogens is 198 g/mol. The lowest BCUT2D eigenvalue weighted by Gasteiger charge is -2.09. The van der Waals surface area contributed by atoms with Crippen molar-refractivity contribution in [1.82, 2.24) is 9.97 Å². The first kappa shape index (κ1) is 10.8. The molecule has 0 unspecified atom stereocenters. The van der Waals surface area contributed by atoms with E-state index in [4.69, 9.17) is 5.73 Å². The van der Waals surface area contributed by atoms with E-state index >= 15 is 0 Å². The van der Waals surface area contributed by atoms with Gasteiger partial charge in [-0.2, -0.15) is 0 Å². The van der Waals surface area contributed by atoms with E-state index in [1.54, 1.807) is 6.33 Å². The highest BCUT2D eigenvalue weighted by atomic mass is 14.8. The molecular formula is C13H15N3. The van der Waals surface area contributed by atoms with Gasteiger partial charge in [0.25, 0.3) is 0 Å². The Morgan fingerprint density at radius 1 is 1.25 bits per heavy atom. The van der Waals surface area contributed by atoms with Crippen molar-refractivity contribution >= 4 is 0 Å². The Balaban J connectivity index is 2.51. The van der Waals surface area contributed by atoms with Crippen molar-refractivity contribution in [1.29, 1.82) is 0 Å². The van der Waals surface area contributed by atoms with Crippen LogP contribution in [-0.2, 0) is 6.42 Å². The SMILES string of the molecule is Cc1ccccc1-c1ncncc1CCN. The van der Waals surface area contributed by atoms with Gasteiger partial charge < -0.3 is 5.73 Å². The fourth-order valence-electron chi connectivity index (χ4n) is 1.78. The van der Waals surface area contributed by atoms with Crippen LogP contribution in [0.5, 0.6) is 0 Å². The van der Waals surface area contributed by atoms with Crippen molar-refractivity contribution in [2.24, 2.45) is 5.73 Å². The largest absolute Gasteiger partial charge is 0.330 e. The monoisotopic (exact) mass is 213 g/mol. The molecule has 0 atom stereocenters. The molecule has 0 amide bonds. The molecule has 1 heterocycles. The minimum Gasteiger partial charge on any atom is -0.330 e. The molecule has 0 aliphatic rings. The van der Waals surface area contributed by atoms with Crippen molar-refractivity contribution in [3.8, 4) is 11.3 Å². The molecule has 0 aliphatic heterocycles. The molecule has 82 valence electrons. The molecule has 0 aliphatic carbocycles. The van der Waals surface area contributed by atoms with E-state index in [1.807, 2.05) is 18.3 Å². The van der Waals surface area contributed by atoms with Gasteiger partial charge in [0.15, 0.2) is 0 Å². The second kappa shape index (κ2) is 4.86. The summed E-state index contributed by atoms with van der Waals surface area (Å²) in [4.78, 5) is 8.41. The first-order valence-electron chi connectivity index (χ1n) is 5.38. The number of benzene rings is 1. The van der Waals surface area contributed by atoms with Gasteiger partial charge in [-0.3, -0.25) is 0 Å². The highest BCUT2D eigenvalue weighted by Crippen LogP contribution is 2.23. The summed E-state index contributed by atoms with van der Waals surface area (Å²) in [5, 5.41) is 0. The van der Waals surface area contributed by atoms with Crippen LogP contribution in [0.25, 0.3) is 11.3 Å². The minimum atomic E-state index is 0.617. The standard InChI is InChI=1S/C13H15N3/c1-10-4-2-3-5-12(10)13-11(6-7-14)8-15-9-16-13/h2-5,8-9H,6-7,14H2,1H3. The number of nitrogens with zero attached hydrogens (tertiary/aromatic N) is 2. The first-order valence-corrected chi connectivity index (χ1v) is 5.38. The Kier molecular flexibility index (Phi) is 3.27. The van der Waals surface area contributed by atoms with E-state index in [9.17, 15) is 0 Å². The van der Waals surface area contributed by atoms with Gasteiger partial charge >= 0.3 is 0 Å². The van der Waals surface area contributed by atoms with E-state index in [0.717, 1.165) is 23.2 Å². The zero-order valence-electron chi connectivity index (χ0n) is 9.35. The normalized spacial score (nSPS) is 10.4. The smallest absolute Gasteiger partial charge is 0.116 e. The number of rotatable bonds is 3. The van der Waals surface area contributed by atoms with Crippen LogP contribution in [0, 0.1) is 6.92 Å². The summed E-state index contributed by atoms with van der Waals surface area (Å²) in [5.41, 5.74) is 10.1. The third-order valence-corrected chi connectivity index (χ3v) is 2.60. The molecule has 2 N–H and O–H groups in total. The van der Waals surface area contributed by atoms with Crippen LogP contribution in [0.1, 0.15) is 11.1 Å². The topological polar surface area (TPSA) is 51.8 Å².